The Labute approximate surface area is 186 Å². The van der Waals surface area contributed by atoms with Crippen molar-refractivity contribution in [3.8, 4) is 0 Å². The van der Waals surface area contributed by atoms with Crippen LogP contribution in [0, 0.1) is 5.82 Å². The molecular weight excluding hydrogens is 437 g/mol. The second-order valence-electron chi connectivity index (χ2n) is 6.98. The normalized spacial score (nSPS) is 12.9. The van der Waals surface area contributed by atoms with Gasteiger partial charge in [-0.25, -0.2) is 4.39 Å². The lowest BCUT2D eigenvalue weighted by Gasteiger charge is -2.10. The molecule has 0 aliphatic heterocycles. The fourth-order valence-electron chi connectivity index (χ4n) is 2.71. The minimum absolute atomic E-state index is 0.144. The molecule has 0 saturated heterocycles. The minimum atomic E-state index is -0.275. The molecule has 0 radical (unpaired) electrons. The van der Waals surface area contributed by atoms with Gasteiger partial charge in [0.1, 0.15) is 5.82 Å². The third-order valence-corrected chi connectivity index (χ3v) is 6.46. The lowest BCUT2D eigenvalue weighted by molar-refractivity contribution is -0.113. The molecule has 1 aliphatic carbocycles. The number of para-hydroxylation sites is 1. The van der Waals surface area contributed by atoms with E-state index in [9.17, 15) is 14.0 Å². The summed E-state index contributed by atoms with van der Waals surface area (Å²) in [6.45, 7) is 0.500. The Morgan fingerprint density at radius 3 is 2.65 bits per heavy atom. The number of nitrogens with one attached hydrogen (secondary N) is 3. The van der Waals surface area contributed by atoms with Crippen molar-refractivity contribution in [2.75, 3.05) is 16.4 Å². The van der Waals surface area contributed by atoms with E-state index in [-0.39, 0.29) is 29.4 Å². The number of anilines is 2. The van der Waals surface area contributed by atoms with Crippen LogP contribution in [0.25, 0.3) is 0 Å². The second kappa shape index (κ2) is 9.88. The fourth-order valence-corrected chi connectivity index (χ4v) is 4.26. The number of hydrogen-bond donors (Lipinski definition) is 3. The number of nitrogens with zero attached hydrogens (tertiary/aromatic N) is 2. The zero-order valence-corrected chi connectivity index (χ0v) is 18.1. The summed E-state index contributed by atoms with van der Waals surface area (Å²) in [6, 6.07) is 13.4. The zero-order chi connectivity index (χ0) is 21.6. The Kier molecular flexibility index (Phi) is 6.78. The van der Waals surface area contributed by atoms with E-state index in [0.29, 0.717) is 27.3 Å². The third kappa shape index (κ3) is 6.25. The summed E-state index contributed by atoms with van der Waals surface area (Å²) in [5.74, 6) is -0.534. The number of amides is 2. The highest BCUT2D eigenvalue weighted by molar-refractivity contribution is 8.01. The minimum Gasteiger partial charge on any atom is -0.356 e. The molecule has 160 valence electrons. The molecule has 10 heteroatoms. The van der Waals surface area contributed by atoms with E-state index in [4.69, 9.17) is 0 Å². The van der Waals surface area contributed by atoms with Crippen molar-refractivity contribution in [3.05, 3.63) is 65.5 Å². The smallest absolute Gasteiger partial charge is 0.253 e. The maximum atomic E-state index is 13.0. The van der Waals surface area contributed by atoms with Gasteiger partial charge in [-0.1, -0.05) is 47.4 Å². The topological polar surface area (TPSA) is 96.0 Å². The van der Waals surface area contributed by atoms with Gasteiger partial charge < -0.3 is 16.0 Å². The molecule has 4 rings (SSSR count). The lowest BCUT2D eigenvalue weighted by Crippen LogP contribution is -2.27. The summed E-state index contributed by atoms with van der Waals surface area (Å²) >= 11 is 2.61. The number of thioether (sulfide) groups is 1. The van der Waals surface area contributed by atoms with E-state index in [1.54, 1.807) is 36.4 Å². The van der Waals surface area contributed by atoms with Crippen LogP contribution in [0.2, 0.25) is 0 Å². The van der Waals surface area contributed by atoms with Crippen LogP contribution in [0.3, 0.4) is 0 Å². The van der Waals surface area contributed by atoms with Gasteiger partial charge in [-0.15, -0.1) is 10.2 Å². The van der Waals surface area contributed by atoms with Crippen molar-refractivity contribution in [1.29, 1.82) is 0 Å². The highest BCUT2D eigenvalue weighted by Crippen LogP contribution is 2.26. The number of carbonyl (C=O) groups excluding carboxylic acids is 2. The summed E-state index contributed by atoms with van der Waals surface area (Å²) in [5, 5.41) is 17.6. The van der Waals surface area contributed by atoms with E-state index in [2.05, 4.69) is 26.1 Å². The average Bonchev–Trinajstić information content (AvgIpc) is 3.47. The Hall–Kier alpha value is -2.98. The van der Waals surface area contributed by atoms with Gasteiger partial charge in [0, 0.05) is 12.6 Å². The summed E-state index contributed by atoms with van der Waals surface area (Å²) in [5.41, 5.74) is 1.87. The average molecular weight is 458 g/mol. The molecule has 0 atom stereocenters. The summed E-state index contributed by atoms with van der Waals surface area (Å²) in [7, 11) is 0. The van der Waals surface area contributed by atoms with Crippen LogP contribution in [0.15, 0.2) is 52.9 Å². The molecule has 1 aromatic heterocycles. The fraction of sp³-hybridized carbons (Fsp3) is 0.238. The standard InChI is InChI=1S/C21H20FN5O2S2/c22-14-7-5-13(6-8-14)11-23-20-26-27-21(31-20)30-12-18(28)25-17-4-2-1-3-16(17)19(29)24-15-9-10-15/h1-8,15H,9-12H2,(H,23,26)(H,24,29)(H,25,28). The predicted molar refractivity (Wildman–Crippen MR) is 120 cm³/mol. The van der Waals surface area contributed by atoms with Gasteiger partial charge >= 0.3 is 0 Å². The van der Waals surface area contributed by atoms with Crippen LogP contribution in [0.4, 0.5) is 15.2 Å². The molecule has 31 heavy (non-hydrogen) atoms. The largest absolute Gasteiger partial charge is 0.356 e. The zero-order valence-electron chi connectivity index (χ0n) is 16.4. The first-order chi connectivity index (χ1) is 15.1. The van der Waals surface area contributed by atoms with Crippen molar-refractivity contribution in [3.63, 3.8) is 0 Å². The van der Waals surface area contributed by atoms with Gasteiger partial charge in [-0.2, -0.15) is 0 Å². The molecular formula is C21H20FN5O2S2. The Morgan fingerprint density at radius 2 is 1.87 bits per heavy atom. The van der Waals surface area contributed by atoms with Crippen LogP contribution < -0.4 is 16.0 Å². The summed E-state index contributed by atoms with van der Waals surface area (Å²) < 4.78 is 13.6. The molecule has 1 heterocycles. The van der Waals surface area contributed by atoms with Gasteiger partial charge in [0.05, 0.1) is 17.0 Å². The van der Waals surface area contributed by atoms with Crippen molar-refractivity contribution in [2.24, 2.45) is 0 Å². The molecule has 1 aliphatic rings. The quantitative estimate of drug-likeness (QED) is 0.422. The molecule has 1 fully saturated rings. The predicted octanol–water partition coefficient (Wildman–Crippen LogP) is 3.91. The number of aromatic nitrogens is 2. The first-order valence-electron chi connectivity index (χ1n) is 9.71. The lowest BCUT2D eigenvalue weighted by atomic mass is 10.1. The Morgan fingerprint density at radius 1 is 1.10 bits per heavy atom. The van der Waals surface area contributed by atoms with E-state index < -0.39 is 0 Å². The van der Waals surface area contributed by atoms with Gasteiger partial charge in [0.15, 0.2) is 4.34 Å². The number of hydrogen-bond acceptors (Lipinski definition) is 7. The maximum absolute atomic E-state index is 13.0. The van der Waals surface area contributed by atoms with E-state index in [0.717, 1.165) is 18.4 Å². The molecule has 3 aromatic rings. The number of carbonyl (C=O) groups is 2. The third-order valence-electron chi connectivity index (χ3n) is 4.45. The van der Waals surface area contributed by atoms with Crippen LogP contribution in [-0.4, -0.2) is 33.8 Å². The highest BCUT2D eigenvalue weighted by Gasteiger charge is 2.25. The van der Waals surface area contributed by atoms with E-state index >= 15 is 0 Å². The first kappa shape index (κ1) is 21.3. The molecule has 2 amide bonds. The van der Waals surface area contributed by atoms with E-state index in [1.165, 1.54) is 35.2 Å². The number of benzene rings is 2. The van der Waals surface area contributed by atoms with Gasteiger partial charge in [0.25, 0.3) is 5.91 Å². The summed E-state index contributed by atoms with van der Waals surface area (Å²) in [4.78, 5) is 24.7. The van der Waals surface area contributed by atoms with Crippen molar-refractivity contribution >= 4 is 45.7 Å². The van der Waals surface area contributed by atoms with Crippen molar-refractivity contribution in [1.82, 2.24) is 15.5 Å². The van der Waals surface area contributed by atoms with Gasteiger partial charge in [0.2, 0.25) is 11.0 Å². The van der Waals surface area contributed by atoms with Crippen LogP contribution in [0.5, 0.6) is 0 Å². The maximum Gasteiger partial charge on any atom is 0.253 e. The molecule has 3 N–H and O–H groups in total. The molecule has 7 nitrogen and oxygen atoms in total. The second-order valence-corrected chi connectivity index (χ2v) is 9.18. The Bertz CT molecular complexity index is 1070. The van der Waals surface area contributed by atoms with E-state index in [1.807, 2.05) is 0 Å². The number of halogens is 1. The first-order valence-corrected chi connectivity index (χ1v) is 11.5. The monoisotopic (exact) mass is 457 g/mol. The van der Waals surface area contributed by atoms with Crippen LogP contribution >= 0.6 is 23.1 Å². The highest BCUT2D eigenvalue weighted by atomic mass is 32.2. The number of rotatable bonds is 9. The molecule has 0 spiro atoms. The van der Waals surface area contributed by atoms with Crippen molar-refractivity contribution in [2.45, 2.75) is 29.8 Å². The SMILES string of the molecule is O=C(CSc1nnc(NCc2ccc(F)cc2)s1)Nc1ccccc1C(=O)NC1CC1. The van der Waals surface area contributed by atoms with Crippen LogP contribution in [0.1, 0.15) is 28.8 Å². The van der Waals surface area contributed by atoms with Gasteiger partial charge in [-0.3, -0.25) is 9.59 Å². The molecule has 0 bridgehead atoms. The van der Waals surface area contributed by atoms with Gasteiger partial charge in [-0.05, 0) is 42.7 Å². The van der Waals surface area contributed by atoms with Crippen molar-refractivity contribution < 1.29 is 14.0 Å². The Balaban J connectivity index is 1.27. The summed E-state index contributed by atoms with van der Waals surface area (Å²) in [6.07, 6.45) is 2.00. The molecule has 2 aromatic carbocycles. The van der Waals surface area contributed by atoms with Crippen LogP contribution in [-0.2, 0) is 11.3 Å². The molecule has 1 saturated carbocycles. The molecule has 0 unspecified atom stereocenters.